The van der Waals surface area contributed by atoms with E-state index < -0.39 is 0 Å². The molecule has 2 aromatic carbocycles. The van der Waals surface area contributed by atoms with E-state index in [0.717, 1.165) is 28.9 Å². The van der Waals surface area contributed by atoms with Crippen molar-refractivity contribution < 1.29 is 18.4 Å². The van der Waals surface area contributed by atoms with Crippen molar-refractivity contribution in [3.63, 3.8) is 0 Å². The van der Waals surface area contributed by atoms with Crippen molar-refractivity contribution in [1.29, 1.82) is 0 Å². The predicted octanol–water partition coefficient (Wildman–Crippen LogP) is 6.01. The lowest BCUT2D eigenvalue weighted by atomic mass is 9.91. The molecule has 3 aromatic rings. The highest BCUT2D eigenvalue weighted by Gasteiger charge is 2.25. The number of nitrogens with zero attached hydrogens (tertiary/aromatic N) is 2. The summed E-state index contributed by atoms with van der Waals surface area (Å²) < 4.78 is 24.4. The molecule has 1 atom stereocenters. The van der Waals surface area contributed by atoms with E-state index in [1.54, 1.807) is 6.07 Å². The van der Waals surface area contributed by atoms with E-state index in [-0.39, 0.29) is 17.8 Å². The molecule has 1 fully saturated rings. The van der Waals surface area contributed by atoms with Gasteiger partial charge in [-0.25, -0.2) is 9.18 Å². The quantitative estimate of drug-likeness (QED) is 0.486. The standard InChI is InChI=1S/C27H30FN3O3/c1-18-17-31(27(32)29-26-19(2)20(3)34-30-26)12-10-23(18)14-22-7-5-9-25(16-22)33-13-11-21-6-4-8-24(28)15-21/h4-9,14-16,18H,10-13,17H2,1-3H3,(H,29,30,32)/b23-14+. The molecule has 0 aliphatic carbocycles. The van der Waals surface area contributed by atoms with Crippen LogP contribution in [0.4, 0.5) is 15.0 Å². The van der Waals surface area contributed by atoms with E-state index >= 15 is 0 Å². The van der Waals surface area contributed by atoms with E-state index in [9.17, 15) is 9.18 Å². The Morgan fingerprint density at radius 1 is 1.26 bits per heavy atom. The first-order valence-corrected chi connectivity index (χ1v) is 11.6. The number of rotatable bonds is 6. The number of amides is 2. The number of ether oxygens (including phenoxy) is 1. The maximum absolute atomic E-state index is 13.3. The van der Waals surface area contributed by atoms with Gasteiger partial charge in [-0.1, -0.05) is 48.0 Å². The van der Waals surface area contributed by atoms with Gasteiger partial charge in [0.15, 0.2) is 5.82 Å². The Morgan fingerprint density at radius 2 is 2.09 bits per heavy atom. The highest BCUT2D eigenvalue weighted by atomic mass is 19.1. The monoisotopic (exact) mass is 463 g/mol. The molecule has 2 amide bonds. The highest BCUT2D eigenvalue weighted by Crippen LogP contribution is 2.27. The molecular weight excluding hydrogens is 433 g/mol. The van der Waals surface area contributed by atoms with Gasteiger partial charge in [0.2, 0.25) is 0 Å². The van der Waals surface area contributed by atoms with E-state index in [0.29, 0.717) is 37.7 Å². The number of piperidine rings is 1. The number of carbonyl (C=O) groups is 1. The Kier molecular flexibility index (Phi) is 7.30. The van der Waals surface area contributed by atoms with Gasteiger partial charge < -0.3 is 14.2 Å². The normalized spacial score (nSPS) is 17.1. The Balaban J connectivity index is 1.32. The van der Waals surface area contributed by atoms with E-state index in [4.69, 9.17) is 9.26 Å². The zero-order valence-corrected chi connectivity index (χ0v) is 19.8. The van der Waals surface area contributed by atoms with Gasteiger partial charge in [-0.15, -0.1) is 0 Å². The summed E-state index contributed by atoms with van der Waals surface area (Å²) in [6, 6.07) is 14.4. The first-order chi connectivity index (χ1) is 16.4. The van der Waals surface area contributed by atoms with Crippen LogP contribution in [0.5, 0.6) is 5.75 Å². The molecule has 0 saturated carbocycles. The molecule has 6 nitrogen and oxygen atoms in total. The summed E-state index contributed by atoms with van der Waals surface area (Å²) in [6.45, 7) is 7.59. The molecule has 2 heterocycles. The van der Waals surface area contributed by atoms with Gasteiger partial charge in [-0.05, 0) is 61.6 Å². The highest BCUT2D eigenvalue weighted by molar-refractivity contribution is 5.89. The SMILES string of the molecule is Cc1onc(NC(=O)N2CC/C(=C\c3cccc(OCCc4cccc(F)c4)c3)C(C)C2)c1C. The van der Waals surface area contributed by atoms with E-state index in [1.807, 2.05) is 49.1 Å². The summed E-state index contributed by atoms with van der Waals surface area (Å²) in [5.41, 5.74) is 4.12. The molecular formula is C27H30FN3O3. The number of likely N-dealkylation sites (tertiary alicyclic amines) is 1. The van der Waals surface area contributed by atoms with Crippen LogP contribution in [-0.2, 0) is 6.42 Å². The fraction of sp³-hybridized carbons (Fsp3) is 0.333. The third-order valence-corrected chi connectivity index (χ3v) is 6.23. The van der Waals surface area contributed by atoms with E-state index in [1.165, 1.54) is 17.7 Å². The first-order valence-electron chi connectivity index (χ1n) is 11.6. The molecule has 178 valence electrons. The Labute approximate surface area is 199 Å². The number of nitrogens with one attached hydrogen (secondary N) is 1. The van der Waals surface area contributed by atoms with Crippen LogP contribution in [0, 0.1) is 25.6 Å². The lowest BCUT2D eigenvalue weighted by Gasteiger charge is -2.33. The van der Waals surface area contributed by atoms with Gasteiger partial charge in [0.05, 0.1) is 6.61 Å². The molecule has 34 heavy (non-hydrogen) atoms. The third-order valence-electron chi connectivity index (χ3n) is 6.23. The number of aromatic nitrogens is 1. The van der Waals surface area contributed by atoms with Crippen LogP contribution in [0.25, 0.3) is 6.08 Å². The van der Waals surface area contributed by atoms with Crippen LogP contribution in [0.3, 0.4) is 0 Å². The van der Waals surface area contributed by atoms with Crippen molar-refractivity contribution in [2.24, 2.45) is 5.92 Å². The summed E-state index contributed by atoms with van der Waals surface area (Å²) >= 11 is 0. The summed E-state index contributed by atoms with van der Waals surface area (Å²) in [7, 11) is 0. The maximum Gasteiger partial charge on any atom is 0.323 e. The summed E-state index contributed by atoms with van der Waals surface area (Å²) in [5, 5.41) is 6.77. The lowest BCUT2D eigenvalue weighted by molar-refractivity contribution is 0.197. The zero-order chi connectivity index (χ0) is 24.1. The lowest BCUT2D eigenvalue weighted by Crippen LogP contribution is -2.42. The van der Waals surface area contributed by atoms with Gasteiger partial charge in [0.25, 0.3) is 0 Å². The maximum atomic E-state index is 13.3. The molecule has 0 radical (unpaired) electrons. The number of benzene rings is 2. The average molecular weight is 464 g/mol. The average Bonchev–Trinajstić information content (AvgIpc) is 3.13. The van der Waals surface area contributed by atoms with Crippen LogP contribution in [0.2, 0.25) is 0 Å². The molecule has 1 aliphatic heterocycles. The van der Waals surface area contributed by atoms with Crippen molar-refractivity contribution in [3.05, 3.63) is 82.4 Å². The van der Waals surface area contributed by atoms with Crippen LogP contribution >= 0.6 is 0 Å². The first kappa shape index (κ1) is 23.5. The number of carbonyl (C=O) groups excluding carboxylic acids is 1. The Bertz CT molecular complexity index is 1190. The smallest absolute Gasteiger partial charge is 0.323 e. The second kappa shape index (κ2) is 10.5. The predicted molar refractivity (Wildman–Crippen MR) is 130 cm³/mol. The summed E-state index contributed by atoms with van der Waals surface area (Å²) in [6.07, 6.45) is 3.63. The number of hydrogen-bond acceptors (Lipinski definition) is 4. The van der Waals surface area contributed by atoms with Crippen molar-refractivity contribution in [3.8, 4) is 5.75 Å². The molecule has 1 aliphatic rings. The van der Waals surface area contributed by atoms with Crippen molar-refractivity contribution in [2.75, 3.05) is 25.0 Å². The van der Waals surface area contributed by atoms with Crippen LogP contribution in [-0.4, -0.2) is 35.8 Å². The third kappa shape index (κ3) is 5.84. The van der Waals surface area contributed by atoms with Gasteiger partial charge >= 0.3 is 6.03 Å². The minimum atomic E-state index is -0.230. The topological polar surface area (TPSA) is 67.6 Å². The molecule has 4 rings (SSSR count). The van der Waals surface area contributed by atoms with Crippen LogP contribution in [0.15, 0.2) is 58.6 Å². The molecule has 0 spiro atoms. The summed E-state index contributed by atoms with van der Waals surface area (Å²) in [4.78, 5) is 14.5. The van der Waals surface area contributed by atoms with E-state index in [2.05, 4.69) is 23.5 Å². The van der Waals surface area contributed by atoms with Crippen molar-refractivity contribution in [2.45, 2.75) is 33.6 Å². The number of anilines is 1. The summed E-state index contributed by atoms with van der Waals surface area (Å²) in [5.74, 6) is 1.97. The van der Waals surface area contributed by atoms with Gasteiger partial charge in [0.1, 0.15) is 17.3 Å². The molecule has 1 aromatic heterocycles. The Hall–Kier alpha value is -3.61. The van der Waals surface area contributed by atoms with Gasteiger partial charge in [-0.2, -0.15) is 0 Å². The second-order valence-electron chi connectivity index (χ2n) is 8.76. The molecule has 1 saturated heterocycles. The van der Waals surface area contributed by atoms with Crippen LogP contribution < -0.4 is 10.1 Å². The fourth-order valence-corrected chi connectivity index (χ4v) is 4.05. The number of urea groups is 1. The molecule has 7 heteroatoms. The number of halogens is 1. The van der Waals surface area contributed by atoms with Gasteiger partial charge in [-0.3, -0.25) is 5.32 Å². The van der Waals surface area contributed by atoms with Gasteiger partial charge in [0, 0.05) is 25.1 Å². The minimum Gasteiger partial charge on any atom is -0.493 e. The molecule has 0 bridgehead atoms. The van der Waals surface area contributed by atoms with Crippen molar-refractivity contribution in [1.82, 2.24) is 10.1 Å². The largest absolute Gasteiger partial charge is 0.493 e. The van der Waals surface area contributed by atoms with Crippen LogP contribution in [0.1, 0.15) is 35.8 Å². The number of aryl methyl sites for hydroxylation is 1. The van der Waals surface area contributed by atoms with Crippen molar-refractivity contribution >= 4 is 17.9 Å². The Morgan fingerprint density at radius 3 is 2.82 bits per heavy atom. The molecule has 1 N–H and O–H groups in total. The molecule has 1 unspecified atom stereocenters. The zero-order valence-electron chi connectivity index (χ0n) is 19.8. The number of hydrogen-bond donors (Lipinski definition) is 1. The minimum absolute atomic E-state index is 0.156. The fourth-order valence-electron chi connectivity index (χ4n) is 4.05. The second-order valence-corrected chi connectivity index (χ2v) is 8.76.